The van der Waals surface area contributed by atoms with Crippen LogP contribution in [-0.2, 0) is 4.74 Å². The van der Waals surface area contributed by atoms with E-state index in [-0.39, 0.29) is 5.97 Å². The first-order chi connectivity index (χ1) is 7.56. The second-order valence-corrected chi connectivity index (χ2v) is 3.42. The van der Waals surface area contributed by atoms with Crippen LogP contribution in [0.5, 0.6) is 11.5 Å². The lowest BCUT2D eigenvalue weighted by Crippen LogP contribution is -2.07. The predicted molar refractivity (Wildman–Crippen MR) is 60.4 cm³/mol. The molecule has 0 N–H and O–H groups in total. The molecular formula is C12H16O4. The number of aryl methyl sites for hydroxylation is 1. The van der Waals surface area contributed by atoms with Crippen molar-refractivity contribution in [1.82, 2.24) is 0 Å². The van der Waals surface area contributed by atoms with Gasteiger partial charge in [-0.1, -0.05) is 0 Å². The van der Waals surface area contributed by atoms with Crippen molar-refractivity contribution in [2.45, 2.75) is 13.8 Å². The molecule has 1 rings (SSSR count). The Bertz CT molecular complexity index is 410. The van der Waals surface area contributed by atoms with Crippen molar-refractivity contribution in [2.24, 2.45) is 0 Å². The molecule has 0 unspecified atom stereocenters. The van der Waals surface area contributed by atoms with Crippen LogP contribution < -0.4 is 9.47 Å². The van der Waals surface area contributed by atoms with Crippen LogP contribution >= 0.6 is 0 Å². The van der Waals surface area contributed by atoms with Crippen molar-refractivity contribution >= 4 is 5.97 Å². The van der Waals surface area contributed by atoms with Crippen molar-refractivity contribution in [1.29, 1.82) is 0 Å². The molecule has 0 spiro atoms. The summed E-state index contributed by atoms with van der Waals surface area (Å²) >= 11 is 0. The number of benzene rings is 1. The van der Waals surface area contributed by atoms with Crippen LogP contribution in [0.2, 0.25) is 0 Å². The van der Waals surface area contributed by atoms with Crippen LogP contribution in [0, 0.1) is 13.8 Å². The third-order valence-electron chi connectivity index (χ3n) is 2.48. The molecule has 16 heavy (non-hydrogen) atoms. The number of rotatable bonds is 3. The molecule has 0 saturated carbocycles. The van der Waals surface area contributed by atoms with Gasteiger partial charge in [0.25, 0.3) is 0 Å². The van der Waals surface area contributed by atoms with Gasteiger partial charge in [0.15, 0.2) is 11.5 Å². The summed E-state index contributed by atoms with van der Waals surface area (Å²) in [5.74, 6) is 0.845. The highest BCUT2D eigenvalue weighted by Gasteiger charge is 2.19. The van der Waals surface area contributed by atoms with Crippen LogP contribution in [0.4, 0.5) is 0 Å². The average Bonchev–Trinajstić information content (AvgIpc) is 2.29. The van der Waals surface area contributed by atoms with E-state index in [0.29, 0.717) is 17.1 Å². The Balaban J connectivity index is 3.45. The number of methoxy groups -OCH3 is 3. The zero-order chi connectivity index (χ0) is 12.3. The maximum Gasteiger partial charge on any atom is 0.338 e. The fourth-order valence-electron chi connectivity index (χ4n) is 1.68. The molecule has 0 saturated heterocycles. The van der Waals surface area contributed by atoms with Gasteiger partial charge in [-0.15, -0.1) is 0 Å². The summed E-state index contributed by atoms with van der Waals surface area (Å²) in [7, 11) is 4.47. The van der Waals surface area contributed by atoms with Crippen LogP contribution in [0.3, 0.4) is 0 Å². The van der Waals surface area contributed by atoms with Gasteiger partial charge in [-0.3, -0.25) is 0 Å². The highest BCUT2D eigenvalue weighted by atomic mass is 16.5. The summed E-state index contributed by atoms with van der Waals surface area (Å²) in [6.45, 7) is 3.65. The van der Waals surface area contributed by atoms with E-state index in [1.54, 1.807) is 27.2 Å². The molecule has 0 aromatic heterocycles. The molecule has 0 atom stereocenters. The standard InChI is InChI=1S/C12H16O4/c1-7-6-9(12(13)16-5)8(2)11(15-4)10(7)14-3/h6H,1-5H3. The molecule has 4 nitrogen and oxygen atoms in total. The van der Waals surface area contributed by atoms with E-state index in [1.165, 1.54) is 7.11 Å². The maximum atomic E-state index is 11.5. The second kappa shape index (κ2) is 4.88. The Morgan fingerprint density at radius 2 is 1.62 bits per heavy atom. The first-order valence-electron chi connectivity index (χ1n) is 4.87. The van der Waals surface area contributed by atoms with Crippen molar-refractivity contribution in [3.8, 4) is 11.5 Å². The summed E-state index contributed by atoms with van der Waals surface area (Å²) in [6, 6.07) is 1.74. The van der Waals surface area contributed by atoms with Gasteiger partial charge in [-0.05, 0) is 25.5 Å². The lowest BCUT2D eigenvalue weighted by Gasteiger charge is -2.15. The molecule has 4 heteroatoms. The quantitative estimate of drug-likeness (QED) is 0.737. The van der Waals surface area contributed by atoms with Gasteiger partial charge in [0.05, 0.1) is 26.9 Å². The van der Waals surface area contributed by atoms with Crippen molar-refractivity contribution < 1.29 is 19.0 Å². The van der Waals surface area contributed by atoms with Crippen molar-refractivity contribution in [3.05, 3.63) is 22.8 Å². The average molecular weight is 224 g/mol. The van der Waals surface area contributed by atoms with Crippen molar-refractivity contribution in [3.63, 3.8) is 0 Å². The lowest BCUT2D eigenvalue weighted by molar-refractivity contribution is 0.0599. The normalized spacial score (nSPS) is 9.81. The summed E-state index contributed by atoms with van der Waals surface area (Å²) in [5.41, 5.74) is 2.06. The first kappa shape index (κ1) is 12.4. The van der Waals surface area contributed by atoms with E-state index in [2.05, 4.69) is 0 Å². The van der Waals surface area contributed by atoms with Gasteiger partial charge >= 0.3 is 5.97 Å². The van der Waals surface area contributed by atoms with E-state index in [4.69, 9.17) is 14.2 Å². The van der Waals surface area contributed by atoms with Crippen LogP contribution in [-0.4, -0.2) is 27.3 Å². The molecular weight excluding hydrogens is 208 g/mol. The lowest BCUT2D eigenvalue weighted by atomic mass is 10.0. The molecule has 0 fully saturated rings. The zero-order valence-electron chi connectivity index (χ0n) is 10.2. The van der Waals surface area contributed by atoms with Gasteiger partial charge in [-0.2, -0.15) is 0 Å². The molecule has 88 valence electrons. The molecule has 0 radical (unpaired) electrons. The summed E-state index contributed by atoms with van der Waals surface area (Å²) in [5, 5.41) is 0. The Kier molecular flexibility index (Phi) is 3.77. The summed E-state index contributed by atoms with van der Waals surface area (Å²) < 4.78 is 15.2. The minimum atomic E-state index is -0.374. The Morgan fingerprint density at radius 3 is 2.06 bits per heavy atom. The number of carbonyl (C=O) groups excluding carboxylic acids is 1. The van der Waals surface area contributed by atoms with E-state index >= 15 is 0 Å². The highest BCUT2D eigenvalue weighted by Crippen LogP contribution is 2.36. The van der Waals surface area contributed by atoms with E-state index in [0.717, 1.165) is 11.1 Å². The van der Waals surface area contributed by atoms with Crippen LogP contribution in [0.15, 0.2) is 6.07 Å². The number of hydrogen-bond acceptors (Lipinski definition) is 4. The topological polar surface area (TPSA) is 44.8 Å². The molecule has 1 aromatic rings. The second-order valence-electron chi connectivity index (χ2n) is 3.42. The predicted octanol–water partition coefficient (Wildman–Crippen LogP) is 2.11. The summed E-state index contributed by atoms with van der Waals surface area (Å²) in [4.78, 5) is 11.5. The molecule has 0 aliphatic heterocycles. The van der Waals surface area contributed by atoms with E-state index in [9.17, 15) is 4.79 Å². The van der Waals surface area contributed by atoms with Gasteiger partial charge < -0.3 is 14.2 Å². The minimum absolute atomic E-state index is 0.374. The smallest absolute Gasteiger partial charge is 0.338 e. The molecule has 0 aliphatic rings. The molecule has 0 amide bonds. The largest absolute Gasteiger partial charge is 0.493 e. The van der Waals surface area contributed by atoms with Gasteiger partial charge in [0.1, 0.15) is 0 Å². The molecule has 0 aliphatic carbocycles. The van der Waals surface area contributed by atoms with E-state index in [1.807, 2.05) is 6.92 Å². The molecule has 1 aromatic carbocycles. The molecule has 0 bridgehead atoms. The molecule has 0 heterocycles. The Labute approximate surface area is 95.1 Å². The third kappa shape index (κ3) is 1.96. The summed E-state index contributed by atoms with van der Waals surface area (Å²) in [6.07, 6.45) is 0. The van der Waals surface area contributed by atoms with Gasteiger partial charge in [0.2, 0.25) is 0 Å². The van der Waals surface area contributed by atoms with Gasteiger partial charge in [-0.25, -0.2) is 4.79 Å². The number of esters is 1. The van der Waals surface area contributed by atoms with Crippen molar-refractivity contribution in [2.75, 3.05) is 21.3 Å². The Hall–Kier alpha value is -1.71. The highest BCUT2D eigenvalue weighted by molar-refractivity contribution is 5.92. The van der Waals surface area contributed by atoms with Crippen LogP contribution in [0.25, 0.3) is 0 Å². The van der Waals surface area contributed by atoms with E-state index < -0.39 is 0 Å². The SMILES string of the molecule is COC(=O)c1cc(C)c(OC)c(OC)c1C. The fourth-order valence-corrected chi connectivity index (χ4v) is 1.68. The number of carbonyl (C=O) groups is 1. The minimum Gasteiger partial charge on any atom is -0.493 e. The van der Waals surface area contributed by atoms with Gasteiger partial charge in [0, 0.05) is 5.56 Å². The number of ether oxygens (including phenoxy) is 3. The van der Waals surface area contributed by atoms with Crippen LogP contribution in [0.1, 0.15) is 21.5 Å². The first-order valence-corrected chi connectivity index (χ1v) is 4.87. The fraction of sp³-hybridized carbons (Fsp3) is 0.417. The third-order valence-corrected chi connectivity index (χ3v) is 2.48. The monoisotopic (exact) mass is 224 g/mol. The Morgan fingerprint density at radius 1 is 1.06 bits per heavy atom. The number of hydrogen-bond donors (Lipinski definition) is 0. The zero-order valence-corrected chi connectivity index (χ0v) is 10.2. The maximum absolute atomic E-state index is 11.5.